The molecule has 0 unspecified atom stereocenters. The van der Waals surface area contributed by atoms with Crippen LogP contribution in [0.3, 0.4) is 0 Å². The van der Waals surface area contributed by atoms with Gasteiger partial charge in [-0.25, -0.2) is 13.4 Å². The lowest BCUT2D eigenvalue weighted by Crippen LogP contribution is -2.32. The number of amides is 1. The van der Waals surface area contributed by atoms with Gasteiger partial charge in [0.25, 0.3) is 15.9 Å². The highest BCUT2D eigenvalue weighted by Crippen LogP contribution is 2.33. The summed E-state index contributed by atoms with van der Waals surface area (Å²) >= 11 is 4.89. The highest BCUT2D eigenvalue weighted by atomic mass is 79.9. The van der Waals surface area contributed by atoms with Gasteiger partial charge in [0.05, 0.1) is 33.0 Å². The second kappa shape index (κ2) is 11.0. The van der Waals surface area contributed by atoms with E-state index < -0.39 is 10.0 Å². The number of carbonyl (C=O) groups is 1. The fraction of sp³-hybridized carbons (Fsp3) is 0.107. The zero-order chi connectivity index (χ0) is 26.7. The minimum absolute atomic E-state index is 0.112. The van der Waals surface area contributed by atoms with Gasteiger partial charge >= 0.3 is 0 Å². The van der Waals surface area contributed by atoms with Crippen molar-refractivity contribution in [2.45, 2.75) is 18.4 Å². The number of rotatable bonds is 8. The molecule has 0 atom stereocenters. The quantitative estimate of drug-likeness (QED) is 0.201. The van der Waals surface area contributed by atoms with E-state index in [0.717, 1.165) is 14.7 Å². The Bertz CT molecular complexity index is 1680. The molecule has 0 radical (unpaired) electrons. The van der Waals surface area contributed by atoms with Gasteiger partial charge in [-0.15, -0.1) is 0 Å². The SMILES string of the molecule is CCN(c1ccccc1)S(=O)(=O)c1ccc(C(=O)N(Cc2ccccn2)c2nc3ccc(Br)cc3s2)cc1. The van der Waals surface area contributed by atoms with E-state index in [9.17, 15) is 13.2 Å². The number of thiazole rings is 1. The molecule has 2 heterocycles. The fourth-order valence-corrected chi connectivity index (χ4v) is 7.01. The first kappa shape index (κ1) is 26.0. The van der Waals surface area contributed by atoms with Gasteiger partial charge in [0.1, 0.15) is 0 Å². The third kappa shape index (κ3) is 5.33. The molecule has 0 aliphatic heterocycles. The molecule has 0 saturated heterocycles. The van der Waals surface area contributed by atoms with Crippen LogP contribution < -0.4 is 9.21 Å². The molecule has 7 nitrogen and oxygen atoms in total. The summed E-state index contributed by atoms with van der Waals surface area (Å²) in [6.45, 7) is 2.28. The zero-order valence-corrected chi connectivity index (χ0v) is 23.6. The molecule has 0 saturated carbocycles. The molecule has 0 aliphatic rings. The summed E-state index contributed by atoms with van der Waals surface area (Å²) in [4.78, 5) is 24.5. The molecular formula is C28H23BrN4O3S2. The maximum atomic E-state index is 13.8. The van der Waals surface area contributed by atoms with Crippen LogP contribution in [0.2, 0.25) is 0 Å². The molecule has 10 heteroatoms. The van der Waals surface area contributed by atoms with E-state index in [1.807, 2.05) is 42.5 Å². The summed E-state index contributed by atoms with van der Waals surface area (Å²) in [6, 6.07) is 26.3. The molecule has 1 amide bonds. The number of pyridine rings is 1. The lowest BCUT2D eigenvalue weighted by atomic mass is 10.2. The number of aromatic nitrogens is 2. The summed E-state index contributed by atoms with van der Waals surface area (Å²) in [5.41, 5.74) is 2.43. The molecule has 0 N–H and O–H groups in total. The normalized spacial score (nSPS) is 11.4. The number of anilines is 2. The Balaban J connectivity index is 1.48. The summed E-state index contributed by atoms with van der Waals surface area (Å²) in [6.07, 6.45) is 1.68. The van der Waals surface area contributed by atoms with Crippen LogP contribution in [0.5, 0.6) is 0 Å². The zero-order valence-electron chi connectivity index (χ0n) is 20.4. The van der Waals surface area contributed by atoms with E-state index in [4.69, 9.17) is 4.98 Å². The minimum atomic E-state index is -3.81. The van der Waals surface area contributed by atoms with E-state index in [1.54, 1.807) is 54.4 Å². The Morgan fingerprint density at radius 1 is 0.947 bits per heavy atom. The smallest absolute Gasteiger partial charge is 0.264 e. The number of sulfonamides is 1. The maximum Gasteiger partial charge on any atom is 0.264 e. The standard InChI is InChI=1S/C28H23BrN4O3S2/c1-2-33(23-9-4-3-5-10-23)38(35,36)24-14-11-20(12-15-24)27(34)32(19-22-8-6-7-17-30-22)28-31-25-16-13-21(29)18-26(25)37-28/h3-18H,2,19H2,1H3. The topological polar surface area (TPSA) is 83.5 Å². The molecule has 0 aliphatic carbocycles. The number of nitrogens with zero attached hydrogens (tertiary/aromatic N) is 4. The third-order valence-electron chi connectivity index (χ3n) is 5.88. The van der Waals surface area contributed by atoms with Crippen LogP contribution in [0.4, 0.5) is 10.8 Å². The van der Waals surface area contributed by atoms with Crippen LogP contribution in [-0.4, -0.2) is 30.8 Å². The molecule has 0 fully saturated rings. The number of hydrogen-bond acceptors (Lipinski definition) is 6. The van der Waals surface area contributed by atoms with E-state index >= 15 is 0 Å². The van der Waals surface area contributed by atoms with Gasteiger partial charge in [-0.3, -0.25) is 19.0 Å². The molecule has 192 valence electrons. The number of fused-ring (bicyclic) bond motifs is 1. The van der Waals surface area contributed by atoms with Crippen LogP contribution in [0.25, 0.3) is 10.2 Å². The lowest BCUT2D eigenvalue weighted by molar-refractivity contribution is 0.0984. The monoisotopic (exact) mass is 606 g/mol. The number of carbonyl (C=O) groups excluding carboxylic acids is 1. The van der Waals surface area contributed by atoms with Gasteiger partial charge in [-0.2, -0.15) is 0 Å². The second-order valence-electron chi connectivity index (χ2n) is 8.35. The van der Waals surface area contributed by atoms with Crippen LogP contribution in [0, 0.1) is 0 Å². The molecule has 5 rings (SSSR count). The average molecular weight is 608 g/mol. The first-order valence-electron chi connectivity index (χ1n) is 11.8. The largest absolute Gasteiger partial charge is 0.278 e. The maximum absolute atomic E-state index is 13.8. The van der Waals surface area contributed by atoms with Crippen molar-refractivity contribution >= 4 is 64.2 Å². The van der Waals surface area contributed by atoms with Crippen molar-refractivity contribution in [3.05, 3.63) is 113 Å². The van der Waals surface area contributed by atoms with E-state index in [1.165, 1.54) is 27.8 Å². The van der Waals surface area contributed by atoms with Crippen molar-refractivity contribution in [3.8, 4) is 0 Å². The van der Waals surface area contributed by atoms with Gasteiger partial charge < -0.3 is 0 Å². The molecule has 3 aromatic carbocycles. The lowest BCUT2D eigenvalue weighted by Gasteiger charge is -2.23. The highest BCUT2D eigenvalue weighted by molar-refractivity contribution is 9.10. The van der Waals surface area contributed by atoms with Gasteiger partial charge in [0, 0.05) is 22.8 Å². The number of benzene rings is 3. The van der Waals surface area contributed by atoms with E-state index in [0.29, 0.717) is 22.1 Å². The van der Waals surface area contributed by atoms with Crippen LogP contribution in [0.15, 0.2) is 107 Å². The van der Waals surface area contributed by atoms with E-state index in [2.05, 4.69) is 20.9 Å². The van der Waals surface area contributed by atoms with Gasteiger partial charge in [-0.05, 0) is 73.7 Å². The Morgan fingerprint density at radius 2 is 1.68 bits per heavy atom. The first-order chi connectivity index (χ1) is 18.4. The molecule has 38 heavy (non-hydrogen) atoms. The molecule has 0 bridgehead atoms. The Labute approximate surface area is 233 Å². The van der Waals surface area contributed by atoms with Crippen molar-refractivity contribution in [2.24, 2.45) is 0 Å². The summed E-state index contributed by atoms with van der Waals surface area (Å²) in [5.74, 6) is -0.298. The van der Waals surface area contributed by atoms with Crippen molar-refractivity contribution < 1.29 is 13.2 Å². The van der Waals surface area contributed by atoms with Crippen LogP contribution in [0.1, 0.15) is 23.0 Å². The van der Waals surface area contributed by atoms with Crippen molar-refractivity contribution in [1.82, 2.24) is 9.97 Å². The number of halogens is 1. The van der Waals surface area contributed by atoms with Crippen molar-refractivity contribution in [1.29, 1.82) is 0 Å². The Morgan fingerprint density at radius 3 is 2.37 bits per heavy atom. The summed E-state index contributed by atoms with van der Waals surface area (Å²) in [5, 5.41) is 0.534. The number of hydrogen-bond donors (Lipinski definition) is 0. The van der Waals surface area contributed by atoms with Crippen LogP contribution >= 0.6 is 27.3 Å². The summed E-state index contributed by atoms with van der Waals surface area (Å²) < 4.78 is 30.0. The average Bonchev–Trinajstić information content (AvgIpc) is 3.36. The molecular weight excluding hydrogens is 584 g/mol. The predicted molar refractivity (Wildman–Crippen MR) is 155 cm³/mol. The Hall–Kier alpha value is -3.60. The van der Waals surface area contributed by atoms with Gasteiger partial charge in [-0.1, -0.05) is 51.5 Å². The minimum Gasteiger partial charge on any atom is -0.278 e. The molecule has 2 aromatic heterocycles. The van der Waals surface area contributed by atoms with E-state index in [-0.39, 0.29) is 23.9 Å². The van der Waals surface area contributed by atoms with Gasteiger partial charge in [0.2, 0.25) is 0 Å². The van der Waals surface area contributed by atoms with Crippen LogP contribution in [-0.2, 0) is 16.6 Å². The summed E-state index contributed by atoms with van der Waals surface area (Å²) in [7, 11) is -3.81. The Kier molecular flexibility index (Phi) is 7.55. The fourth-order valence-electron chi connectivity index (χ4n) is 4.02. The number of para-hydroxylation sites is 1. The third-order valence-corrected chi connectivity index (χ3v) is 9.33. The molecule has 0 spiro atoms. The predicted octanol–water partition coefficient (Wildman–Crippen LogP) is 6.52. The first-order valence-corrected chi connectivity index (χ1v) is 14.9. The molecule has 5 aromatic rings. The van der Waals surface area contributed by atoms with Crippen molar-refractivity contribution in [3.63, 3.8) is 0 Å². The van der Waals surface area contributed by atoms with Gasteiger partial charge in [0.15, 0.2) is 5.13 Å². The second-order valence-corrected chi connectivity index (χ2v) is 12.1. The van der Waals surface area contributed by atoms with Crippen molar-refractivity contribution in [2.75, 3.05) is 15.7 Å². The highest BCUT2D eigenvalue weighted by Gasteiger charge is 2.26.